The number of fused-ring (bicyclic) bond motifs is 1. The lowest BCUT2D eigenvalue weighted by molar-refractivity contribution is -0.0901. The van der Waals surface area contributed by atoms with E-state index in [0.717, 1.165) is 32.7 Å². The van der Waals surface area contributed by atoms with Gasteiger partial charge in [0, 0.05) is 24.7 Å². The second-order valence-electron chi connectivity index (χ2n) is 6.30. The molecule has 1 aliphatic carbocycles. The SMILES string of the molecule is CCNC(C)(CO)CCN1CCOC2CCCCC21. The van der Waals surface area contributed by atoms with Crippen molar-refractivity contribution in [3.05, 3.63) is 0 Å². The Bertz CT molecular complexity index is 273. The number of rotatable bonds is 6. The van der Waals surface area contributed by atoms with E-state index < -0.39 is 0 Å². The van der Waals surface area contributed by atoms with Gasteiger partial charge in [-0.3, -0.25) is 4.90 Å². The molecule has 2 N–H and O–H groups in total. The molecular weight excluding hydrogens is 240 g/mol. The van der Waals surface area contributed by atoms with Gasteiger partial charge in [-0.2, -0.15) is 0 Å². The fourth-order valence-corrected chi connectivity index (χ4v) is 3.49. The van der Waals surface area contributed by atoms with Gasteiger partial charge in [0.05, 0.1) is 19.3 Å². The average Bonchev–Trinajstić information content (AvgIpc) is 2.45. The van der Waals surface area contributed by atoms with Crippen molar-refractivity contribution in [2.24, 2.45) is 0 Å². The summed E-state index contributed by atoms with van der Waals surface area (Å²) in [4.78, 5) is 2.60. The molecule has 1 heterocycles. The zero-order valence-electron chi connectivity index (χ0n) is 12.5. The molecule has 0 aromatic rings. The van der Waals surface area contributed by atoms with Crippen LogP contribution in [0.2, 0.25) is 0 Å². The van der Waals surface area contributed by atoms with Gasteiger partial charge in [-0.05, 0) is 32.7 Å². The predicted octanol–water partition coefficient (Wildman–Crippen LogP) is 1.38. The largest absolute Gasteiger partial charge is 0.394 e. The number of nitrogens with zero attached hydrogens (tertiary/aromatic N) is 1. The minimum absolute atomic E-state index is 0.142. The van der Waals surface area contributed by atoms with Crippen LogP contribution in [0.5, 0.6) is 0 Å². The Hall–Kier alpha value is -0.160. The average molecular weight is 270 g/mol. The summed E-state index contributed by atoms with van der Waals surface area (Å²) in [5.41, 5.74) is -0.142. The topological polar surface area (TPSA) is 44.7 Å². The third-order valence-corrected chi connectivity index (χ3v) is 4.75. The summed E-state index contributed by atoms with van der Waals surface area (Å²) in [6.45, 7) is 8.32. The first-order chi connectivity index (χ1) is 9.18. The van der Waals surface area contributed by atoms with E-state index in [2.05, 4.69) is 24.1 Å². The van der Waals surface area contributed by atoms with E-state index in [1.807, 2.05) is 0 Å². The lowest BCUT2D eigenvalue weighted by Crippen LogP contribution is -2.55. The van der Waals surface area contributed by atoms with Crippen LogP contribution in [-0.2, 0) is 4.74 Å². The number of ether oxygens (including phenoxy) is 1. The third-order valence-electron chi connectivity index (χ3n) is 4.75. The Morgan fingerprint density at radius 3 is 2.89 bits per heavy atom. The molecule has 2 rings (SSSR count). The van der Waals surface area contributed by atoms with E-state index in [1.165, 1.54) is 25.7 Å². The first-order valence-electron chi connectivity index (χ1n) is 7.90. The molecule has 0 spiro atoms. The number of hydrogen-bond acceptors (Lipinski definition) is 4. The minimum atomic E-state index is -0.142. The summed E-state index contributed by atoms with van der Waals surface area (Å²) in [5, 5.41) is 13.0. The van der Waals surface area contributed by atoms with E-state index >= 15 is 0 Å². The molecule has 4 heteroatoms. The fourth-order valence-electron chi connectivity index (χ4n) is 3.49. The molecule has 1 saturated heterocycles. The number of nitrogens with one attached hydrogen (secondary N) is 1. The summed E-state index contributed by atoms with van der Waals surface area (Å²) in [5.74, 6) is 0. The van der Waals surface area contributed by atoms with Crippen LogP contribution in [-0.4, -0.2) is 60.5 Å². The molecule has 1 saturated carbocycles. The van der Waals surface area contributed by atoms with Crippen LogP contribution in [0.4, 0.5) is 0 Å². The van der Waals surface area contributed by atoms with Crippen molar-refractivity contribution in [2.75, 3.05) is 32.8 Å². The molecule has 2 fully saturated rings. The van der Waals surface area contributed by atoms with Gasteiger partial charge >= 0.3 is 0 Å². The van der Waals surface area contributed by atoms with Gasteiger partial charge in [-0.25, -0.2) is 0 Å². The maximum atomic E-state index is 9.57. The van der Waals surface area contributed by atoms with Crippen molar-refractivity contribution in [3.8, 4) is 0 Å². The number of hydrogen-bond donors (Lipinski definition) is 2. The zero-order valence-corrected chi connectivity index (χ0v) is 12.5. The molecule has 2 aliphatic rings. The monoisotopic (exact) mass is 270 g/mol. The van der Waals surface area contributed by atoms with Crippen molar-refractivity contribution in [1.82, 2.24) is 10.2 Å². The Morgan fingerprint density at radius 2 is 2.16 bits per heavy atom. The molecular formula is C15H30N2O2. The summed E-state index contributed by atoms with van der Waals surface area (Å²) in [6.07, 6.45) is 6.63. The molecule has 0 aromatic heterocycles. The normalized spacial score (nSPS) is 31.7. The number of morpholine rings is 1. The molecule has 1 aliphatic heterocycles. The van der Waals surface area contributed by atoms with E-state index in [9.17, 15) is 5.11 Å². The van der Waals surface area contributed by atoms with Gasteiger partial charge in [0.15, 0.2) is 0 Å². The smallest absolute Gasteiger partial charge is 0.0730 e. The first kappa shape index (κ1) is 15.2. The van der Waals surface area contributed by atoms with E-state index in [0.29, 0.717) is 12.1 Å². The van der Waals surface area contributed by atoms with Crippen molar-refractivity contribution >= 4 is 0 Å². The molecule has 3 atom stereocenters. The summed E-state index contributed by atoms with van der Waals surface area (Å²) in [6, 6.07) is 0.618. The Morgan fingerprint density at radius 1 is 1.37 bits per heavy atom. The molecule has 0 amide bonds. The Kier molecular flexibility index (Phi) is 5.63. The van der Waals surface area contributed by atoms with Crippen LogP contribution < -0.4 is 5.32 Å². The van der Waals surface area contributed by atoms with E-state index in [-0.39, 0.29) is 12.1 Å². The second kappa shape index (κ2) is 7.02. The maximum Gasteiger partial charge on any atom is 0.0730 e. The summed E-state index contributed by atoms with van der Waals surface area (Å²) in [7, 11) is 0. The number of aliphatic hydroxyl groups is 1. The third kappa shape index (κ3) is 3.91. The second-order valence-corrected chi connectivity index (χ2v) is 6.30. The predicted molar refractivity (Wildman–Crippen MR) is 77.4 cm³/mol. The van der Waals surface area contributed by atoms with Gasteiger partial charge in [0.25, 0.3) is 0 Å². The van der Waals surface area contributed by atoms with Crippen LogP contribution in [0, 0.1) is 0 Å². The molecule has 0 bridgehead atoms. The zero-order chi connectivity index (χ0) is 13.7. The van der Waals surface area contributed by atoms with Crippen molar-refractivity contribution in [2.45, 2.75) is 63.6 Å². The molecule has 0 radical (unpaired) electrons. The molecule has 0 aromatic carbocycles. The highest BCUT2D eigenvalue weighted by atomic mass is 16.5. The highest BCUT2D eigenvalue weighted by Crippen LogP contribution is 2.29. The van der Waals surface area contributed by atoms with Crippen molar-refractivity contribution in [3.63, 3.8) is 0 Å². The van der Waals surface area contributed by atoms with Crippen LogP contribution in [0.1, 0.15) is 46.0 Å². The fraction of sp³-hybridized carbons (Fsp3) is 1.00. The van der Waals surface area contributed by atoms with Crippen LogP contribution in [0.25, 0.3) is 0 Å². The lowest BCUT2D eigenvalue weighted by Gasteiger charge is -2.45. The molecule has 4 nitrogen and oxygen atoms in total. The van der Waals surface area contributed by atoms with Gasteiger partial charge in [0.1, 0.15) is 0 Å². The Balaban J connectivity index is 1.86. The molecule has 19 heavy (non-hydrogen) atoms. The molecule has 3 unspecified atom stereocenters. The van der Waals surface area contributed by atoms with Gasteiger partial charge < -0.3 is 15.2 Å². The maximum absolute atomic E-state index is 9.57. The lowest BCUT2D eigenvalue weighted by atomic mass is 9.89. The summed E-state index contributed by atoms with van der Waals surface area (Å²) < 4.78 is 5.91. The van der Waals surface area contributed by atoms with Crippen molar-refractivity contribution < 1.29 is 9.84 Å². The van der Waals surface area contributed by atoms with E-state index in [4.69, 9.17) is 4.74 Å². The van der Waals surface area contributed by atoms with Crippen LogP contribution in [0.3, 0.4) is 0 Å². The van der Waals surface area contributed by atoms with E-state index in [1.54, 1.807) is 0 Å². The molecule has 112 valence electrons. The van der Waals surface area contributed by atoms with Crippen LogP contribution in [0.15, 0.2) is 0 Å². The van der Waals surface area contributed by atoms with Crippen molar-refractivity contribution in [1.29, 1.82) is 0 Å². The summed E-state index contributed by atoms with van der Waals surface area (Å²) >= 11 is 0. The standard InChI is InChI=1S/C15H30N2O2/c1-3-16-15(2,12-18)8-9-17-10-11-19-14-7-5-4-6-13(14)17/h13-14,16,18H,3-12H2,1-2H3. The highest BCUT2D eigenvalue weighted by molar-refractivity contribution is 4.90. The number of aliphatic hydroxyl groups excluding tert-OH is 1. The van der Waals surface area contributed by atoms with Crippen LogP contribution >= 0.6 is 0 Å². The van der Waals surface area contributed by atoms with Gasteiger partial charge in [-0.15, -0.1) is 0 Å². The Labute approximate surface area is 117 Å². The highest BCUT2D eigenvalue weighted by Gasteiger charge is 2.35. The quantitative estimate of drug-likeness (QED) is 0.765. The van der Waals surface area contributed by atoms with Gasteiger partial charge in [0.2, 0.25) is 0 Å². The number of likely N-dealkylation sites (N-methyl/N-ethyl adjacent to an activating group) is 1. The first-order valence-corrected chi connectivity index (χ1v) is 7.90. The minimum Gasteiger partial charge on any atom is -0.394 e. The van der Waals surface area contributed by atoms with Gasteiger partial charge in [-0.1, -0.05) is 19.8 Å².